The highest BCUT2D eigenvalue weighted by Crippen LogP contribution is 2.41. The van der Waals surface area contributed by atoms with Gasteiger partial charge in [0, 0.05) is 13.2 Å². The van der Waals surface area contributed by atoms with Crippen molar-refractivity contribution in [1.29, 1.82) is 0 Å². The third kappa shape index (κ3) is 4.75. The predicted molar refractivity (Wildman–Crippen MR) is 81.2 cm³/mol. The van der Waals surface area contributed by atoms with E-state index in [2.05, 4.69) is 26.1 Å². The Labute approximate surface area is 119 Å². The first kappa shape index (κ1) is 15.3. The molecule has 1 N–H and O–H groups in total. The lowest BCUT2D eigenvalue weighted by molar-refractivity contribution is 0.0158. The molecule has 112 valence electrons. The summed E-state index contributed by atoms with van der Waals surface area (Å²) in [5, 5.41) is 3.71. The highest BCUT2D eigenvalue weighted by Gasteiger charge is 2.34. The van der Waals surface area contributed by atoms with Crippen LogP contribution >= 0.6 is 0 Å². The van der Waals surface area contributed by atoms with Crippen LogP contribution in [0.3, 0.4) is 0 Å². The van der Waals surface area contributed by atoms with Gasteiger partial charge in [0.05, 0.1) is 0 Å². The zero-order valence-electron chi connectivity index (χ0n) is 13.2. The van der Waals surface area contributed by atoms with Gasteiger partial charge in [-0.1, -0.05) is 27.2 Å². The number of hydrogen-bond acceptors (Lipinski definition) is 2. The Bertz CT molecular complexity index is 248. The van der Waals surface area contributed by atoms with Gasteiger partial charge < -0.3 is 10.1 Å². The van der Waals surface area contributed by atoms with Crippen LogP contribution in [0.2, 0.25) is 0 Å². The molecule has 1 aliphatic carbocycles. The van der Waals surface area contributed by atoms with Crippen LogP contribution < -0.4 is 5.32 Å². The average Bonchev–Trinajstić information content (AvgIpc) is 2.41. The minimum absolute atomic E-state index is 0.768. The van der Waals surface area contributed by atoms with Crippen LogP contribution in [0.4, 0.5) is 0 Å². The van der Waals surface area contributed by atoms with Gasteiger partial charge in [0.1, 0.15) is 0 Å². The van der Waals surface area contributed by atoms with E-state index < -0.39 is 0 Å². The Morgan fingerprint density at radius 1 is 1.11 bits per heavy atom. The molecule has 2 aliphatic rings. The Hall–Kier alpha value is -0.0800. The highest BCUT2D eigenvalue weighted by atomic mass is 16.5. The second-order valence-corrected chi connectivity index (χ2v) is 7.34. The largest absolute Gasteiger partial charge is 0.381 e. The molecular weight excluding hydrogens is 234 g/mol. The lowest BCUT2D eigenvalue weighted by Crippen LogP contribution is -2.39. The molecule has 2 fully saturated rings. The van der Waals surface area contributed by atoms with Gasteiger partial charge in [0.25, 0.3) is 0 Å². The molecule has 0 bridgehead atoms. The molecule has 2 heteroatoms. The first-order valence-corrected chi connectivity index (χ1v) is 8.45. The molecule has 19 heavy (non-hydrogen) atoms. The van der Waals surface area contributed by atoms with E-state index in [0.29, 0.717) is 0 Å². The number of nitrogens with one attached hydrogen (secondary N) is 1. The molecule has 2 nitrogen and oxygen atoms in total. The van der Waals surface area contributed by atoms with Crippen LogP contribution in [0, 0.1) is 29.6 Å². The standard InChI is InChI=1S/C17H33NO/c1-13(2)11-18-12-16-5-4-14(3)10-17(16)15-6-8-19-9-7-15/h13-18H,4-12H2,1-3H3. The lowest BCUT2D eigenvalue weighted by atomic mass is 9.67. The van der Waals surface area contributed by atoms with Crippen molar-refractivity contribution in [3.8, 4) is 0 Å². The Balaban J connectivity index is 1.86. The molecule has 0 spiro atoms. The molecule has 3 unspecified atom stereocenters. The van der Waals surface area contributed by atoms with Crippen molar-refractivity contribution in [2.75, 3.05) is 26.3 Å². The van der Waals surface area contributed by atoms with Gasteiger partial charge in [-0.25, -0.2) is 0 Å². The zero-order valence-corrected chi connectivity index (χ0v) is 13.2. The van der Waals surface area contributed by atoms with Crippen molar-refractivity contribution >= 4 is 0 Å². The molecule has 1 saturated carbocycles. The van der Waals surface area contributed by atoms with Crippen molar-refractivity contribution in [1.82, 2.24) is 5.32 Å². The van der Waals surface area contributed by atoms with E-state index in [1.807, 2.05) is 0 Å². The zero-order chi connectivity index (χ0) is 13.7. The quantitative estimate of drug-likeness (QED) is 0.820. The number of ether oxygens (including phenoxy) is 1. The molecule has 1 saturated heterocycles. The van der Waals surface area contributed by atoms with Gasteiger partial charge in [-0.2, -0.15) is 0 Å². The topological polar surface area (TPSA) is 21.3 Å². The van der Waals surface area contributed by atoms with Gasteiger partial charge in [-0.15, -0.1) is 0 Å². The minimum Gasteiger partial charge on any atom is -0.381 e. The third-order valence-electron chi connectivity index (χ3n) is 5.14. The van der Waals surface area contributed by atoms with E-state index in [0.717, 1.165) is 42.8 Å². The summed E-state index contributed by atoms with van der Waals surface area (Å²) in [7, 11) is 0. The second kappa shape index (κ2) is 7.64. The SMILES string of the molecule is CC(C)CNCC1CCC(C)CC1C1CCOCC1. The number of rotatable bonds is 5. The first-order valence-electron chi connectivity index (χ1n) is 8.45. The monoisotopic (exact) mass is 267 g/mol. The molecule has 0 aromatic heterocycles. The highest BCUT2D eigenvalue weighted by molar-refractivity contribution is 4.85. The van der Waals surface area contributed by atoms with Crippen LogP contribution in [-0.2, 0) is 4.74 Å². The van der Waals surface area contributed by atoms with Crippen LogP contribution in [0.1, 0.15) is 52.9 Å². The summed E-state index contributed by atoms with van der Waals surface area (Å²) in [5.74, 6) is 4.51. The molecule has 0 aromatic rings. The Morgan fingerprint density at radius 3 is 2.53 bits per heavy atom. The van der Waals surface area contributed by atoms with Crippen molar-refractivity contribution in [3.05, 3.63) is 0 Å². The van der Waals surface area contributed by atoms with Gasteiger partial charge >= 0.3 is 0 Å². The van der Waals surface area contributed by atoms with E-state index in [9.17, 15) is 0 Å². The predicted octanol–water partition coefficient (Wildman–Crippen LogP) is 3.71. The van der Waals surface area contributed by atoms with E-state index in [-0.39, 0.29) is 0 Å². The number of hydrogen-bond donors (Lipinski definition) is 1. The maximum atomic E-state index is 5.55. The Morgan fingerprint density at radius 2 is 1.84 bits per heavy atom. The summed E-state index contributed by atoms with van der Waals surface area (Å²) in [5.41, 5.74) is 0. The smallest absolute Gasteiger partial charge is 0.0468 e. The second-order valence-electron chi connectivity index (χ2n) is 7.34. The summed E-state index contributed by atoms with van der Waals surface area (Å²) in [4.78, 5) is 0. The molecular formula is C17H33NO. The van der Waals surface area contributed by atoms with Crippen LogP contribution in [-0.4, -0.2) is 26.3 Å². The maximum Gasteiger partial charge on any atom is 0.0468 e. The molecule has 1 aliphatic heterocycles. The van der Waals surface area contributed by atoms with Gasteiger partial charge in [-0.3, -0.25) is 0 Å². The van der Waals surface area contributed by atoms with Crippen LogP contribution in [0.25, 0.3) is 0 Å². The van der Waals surface area contributed by atoms with Crippen molar-refractivity contribution < 1.29 is 4.74 Å². The fourth-order valence-electron chi connectivity index (χ4n) is 4.02. The molecule has 3 atom stereocenters. The van der Waals surface area contributed by atoms with E-state index >= 15 is 0 Å². The van der Waals surface area contributed by atoms with Crippen LogP contribution in [0.15, 0.2) is 0 Å². The normalized spacial score (nSPS) is 33.8. The molecule has 0 aromatic carbocycles. The van der Waals surface area contributed by atoms with E-state index in [4.69, 9.17) is 4.74 Å². The van der Waals surface area contributed by atoms with Crippen LogP contribution in [0.5, 0.6) is 0 Å². The van der Waals surface area contributed by atoms with Gasteiger partial charge in [0.2, 0.25) is 0 Å². The molecule has 2 rings (SSSR count). The van der Waals surface area contributed by atoms with Crippen molar-refractivity contribution in [3.63, 3.8) is 0 Å². The third-order valence-corrected chi connectivity index (χ3v) is 5.14. The van der Waals surface area contributed by atoms with Gasteiger partial charge in [0.15, 0.2) is 0 Å². The summed E-state index contributed by atoms with van der Waals surface area (Å²) in [6, 6.07) is 0. The first-order chi connectivity index (χ1) is 9.16. The molecule has 0 radical (unpaired) electrons. The summed E-state index contributed by atoms with van der Waals surface area (Å²) >= 11 is 0. The Kier molecular flexibility index (Phi) is 6.15. The van der Waals surface area contributed by atoms with Crippen molar-refractivity contribution in [2.24, 2.45) is 29.6 Å². The van der Waals surface area contributed by atoms with E-state index in [1.165, 1.54) is 45.2 Å². The summed E-state index contributed by atoms with van der Waals surface area (Å²) in [6.07, 6.45) is 6.94. The summed E-state index contributed by atoms with van der Waals surface area (Å²) in [6.45, 7) is 11.5. The average molecular weight is 267 g/mol. The fourth-order valence-corrected chi connectivity index (χ4v) is 4.02. The molecule has 0 amide bonds. The summed E-state index contributed by atoms with van der Waals surface area (Å²) < 4.78 is 5.55. The maximum absolute atomic E-state index is 5.55. The lowest BCUT2D eigenvalue weighted by Gasteiger charge is -2.41. The minimum atomic E-state index is 0.768. The van der Waals surface area contributed by atoms with E-state index in [1.54, 1.807) is 0 Å². The molecule has 1 heterocycles. The fraction of sp³-hybridized carbons (Fsp3) is 1.00. The van der Waals surface area contributed by atoms with Gasteiger partial charge in [-0.05, 0) is 68.4 Å². The van der Waals surface area contributed by atoms with Crippen molar-refractivity contribution in [2.45, 2.75) is 52.9 Å².